The van der Waals surface area contributed by atoms with Crippen LogP contribution in [0.5, 0.6) is 5.75 Å². The maximum atomic E-state index is 12.1. The second-order valence-corrected chi connectivity index (χ2v) is 7.85. The number of aryl methyl sites for hydroxylation is 1. The number of amides is 1. The number of carbonyl (C=O) groups excluding carboxylic acids is 1. The van der Waals surface area contributed by atoms with E-state index in [4.69, 9.17) is 16.3 Å². The number of nitrogens with one attached hydrogen (secondary N) is 1. The first-order valence-electron chi connectivity index (χ1n) is 6.89. The number of benzene rings is 1. The molecule has 1 unspecified atom stereocenters. The normalized spacial score (nSPS) is 12.8. The summed E-state index contributed by atoms with van der Waals surface area (Å²) in [6.07, 6.45) is -0.665. The van der Waals surface area contributed by atoms with E-state index in [0.29, 0.717) is 10.8 Å². The Bertz CT molecular complexity index is 745. The minimum Gasteiger partial charge on any atom is -0.481 e. The van der Waals surface area contributed by atoms with Gasteiger partial charge in [0.05, 0.1) is 14.4 Å². The summed E-state index contributed by atoms with van der Waals surface area (Å²) in [5.41, 5.74) is 4.15. The Balaban J connectivity index is 1.97. The van der Waals surface area contributed by atoms with Gasteiger partial charge < -0.3 is 4.74 Å². The van der Waals surface area contributed by atoms with E-state index in [1.807, 2.05) is 26.0 Å². The van der Waals surface area contributed by atoms with E-state index < -0.39 is 6.10 Å². The number of hydrazone groups is 1. The number of hydrogen-bond acceptors (Lipinski definition) is 4. The first kappa shape index (κ1) is 18.0. The van der Waals surface area contributed by atoms with Gasteiger partial charge in [0.1, 0.15) is 5.75 Å². The van der Waals surface area contributed by atoms with Crippen molar-refractivity contribution in [3.8, 4) is 5.75 Å². The van der Waals surface area contributed by atoms with Gasteiger partial charge in [0, 0.05) is 5.02 Å². The minimum atomic E-state index is -0.665. The van der Waals surface area contributed by atoms with Gasteiger partial charge in [-0.05, 0) is 72.6 Å². The molecule has 2 rings (SSSR count). The SMILES string of the molecule is CC(=NNC(=O)C(C)Oc1ccc(Cl)cc1C)c1ccc(Br)s1. The third-order valence-corrected chi connectivity index (χ3v) is 5.04. The maximum Gasteiger partial charge on any atom is 0.280 e. The van der Waals surface area contributed by atoms with E-state index in [-0.39, 0.29) is 5.91 Å². The van der Waals surface area contributed by atoms with Crippen LogP contribution in [-0.2, 0) is 4.79 Å². The molecule has 2 aromatic rings. The van der Waals surface area contributed by atoms with Crippen LogP contribution in [-0.4, -0.2) is 17.7 Å². The van der Waals surface area contributed by atoms with Gasteiger partial charge >= 0.3 is 0 Å². The van der Waals surface area contributed by atoms with Gasteiger partial charge in [-0.2, -0.15) is 5.10 Å². The first-order chi connectivity index (χ1) is 10.9. The molecule has 0 saturated carbocycles. The number of thiophene rings is 1. The fraction of sp³-hybridized carbons (Fsp3) is 0.250. The maximum absolute atomic E-state index is 12.1. The molecule has 0 aliphatic carbocycles. The van der Waals surface area contributed by atoms with E-state index in [0.717, 1.165) is 19.9 Å². The Kier molecular flexibility index (Phi) is 6.21. The highest BCUT2D eigenvalue weighted by atomic mass is 79.9. The molecule has 1 N–H and O–H groups in total. The lowest BCUT2D eigenvalue weighted by Gasteiger charge is -2.15. The Morgan fingerprint density at radius 2 is 2.13 bits per heavy atom. The summed E-state index contributed by atoms with van der Waals surface area (Å²) in [6, 6.07) is 9.15. The highest BCUT2D eigenvalue weighted by Crippen LogP contribution is 2.23. The van der Waals surface area contributed by atoms with Gasteiger partial charge in [-0.1, -0.05) is 11.6 Å². The number of rotatable bonds is 5. The van der Waals surface area contributed by atoms with Crippen molar-refractivity contribution in [1.29, 1.82) is 0 Å². The van der Waals surface area contributed by atoms with Gasteiger partial charge in [-0.25, -0.2) is 5.43 Å². The number of halogens is 2. The molecule has 0 spiro atoms. The molecule has 1 amide bonds. The summed E-state index contributed by atoms with van der Waals surface area (Å²) in [4.78, 5) is 13.1. The van der Waals surface area contributed by atoms with Crippen molar-refractivity contribution in [2.45, 2.75) is 26.9 Å². The molecule has 0 saturated heterocycles. The quantitative estimate of drug-likeness (QED) is 0.564. The molecule has 0 aliphatic rings. The van der Waals surface area contributed by atoms with Crippen LogP contribution in [0, 0.1) is 6.92 Å². The van der Waals surface area contributed by atoms with Crippen LogP contribution >= 0.6 is 38.9 Å². The Morgan fingerprint density at radius 3 is 2.74 bits per heavy atom. The van der Waals surface area contributed by atoms with Crippen molar-refractivity contribution in [3.63, 3.8) is 0 Å². The van der Waals surface area contributed by atoms with Crippen molar-refractivity contribution in [2.75, 3.05) is 0 Å². The van der Waals surface area contributed by atoms with Crippen molar-refractivity contribution in [1.82, 2.24) is 5.43 Å². The fourth-order valence-corrected chi connectivity index (χ4v) is 3.34. The number of hydrogen-bond donors (Lipinski definition) is 1. The lowest BCUT2D eigenvalue weighted by molar-refractivity contribution is -0.127. The smallest absolute Gasteiger partial charge is 0.280 e. The van der Waals surface area contributed by atoms with Crippen LogP contribution in [0.15, 0.2) is 39.2 Å². The summed E-state index contributed by atoms with van der Waals surface area (Å²) in [5.74, 6) is 0.314. The second-order valence-electron chi connectivity index (χ2n) is 4.95. The average Bonchev–Trinajstić information content (AvgIpc) is 2.93. The summed E-state index contributed by atoms with van der Waals surface area (Å²) in [6.45, 7) is 5.40. The molecule has 4 nitrogen and oxygen atoms in total. The molecular formula is C16H16BrClN2O2S. The highest BCUT2D eigenvalue weighted by molar-refractivity contribution is 9.11. The van der Waals surface area contributed by atoms with Gasteiger partial charge in [0.25, 0.3) is 5.91 Å². The molecule has 0 bridgehead atoms. The first-order valence-corrected chi connectivity index (χ1v) is 8.88. The topological polar surface area (TPSA) is 50.7 Å². The van der Waals surface area contributed by atoms with E-state index >= 15 is 0 Å². The van der Waals surface area contributed by atoms with Gasteiger partial charge in [0.15, 0.2) is 6.10 Å². The van der Waals surface area contributed by atoms with E-state index in [1.165, 1.54) is 0 Å². The summed E-state index contributed by atoms with van der Waals surface area (Å²) in [5, 5.41) is 4.75. The molecule has 122 valence electrons. The largest absolute Gasteiger partial charge is 0.481 e. The number of carbonyl (C=O) groups is 1. The molecule has 0 radical (unpaired) electrons. The van der Waals surface area contributed by atoms with Gasteiger partial charge in [-0.3, -0.25) is 4.79 Å². The molecule has 0 aliphatic heterocycles. The molecule has 1 aromatic carbocycles. The Labute approximate surface area is 152 Å². The summed E-state index contributed by atoms with van der Waals surface area (Å²) in [7, 11) is 0. The van der Waals surface area contributed by atoms with Crippen molar-refractivity contribution < 1.29 is 9.53 Å². The predicted octanol–water partition coefficient (Wildman–Crippen LogP) is 4.78. The van der Waals surface area contributed by atoms with Crippen LogP contribution < -0.4 is 10.2 Å². The second kappa shape index (κ2) is 7.95. The molecular weight excluding hydrogens is 400 g/mol. The number of nitrogens with zero attached hydrogens (tertiary/aromatic N) is 1. The van der Waals surface area contributed by atoms with Crippen LogP contribution in [0.2, 0.25) is 5.02 Å². The zero-order valence-corrected chi connectivity index (χ0v) is 16.1. The van der Waals surface area contributed by atoms with Crippen molar-refractivity contribution in [2.24, 2.45) is 5.10 Å². The monoisotopic (exact) mass is 414 g/mol. The van der Waals surface area contributed by atoms with Crippen LogP contribution in [0.4, 0.5) is 0 Å². The highest BCUT2D eigenvalue weighted by Gasteiger charge is 2.15. The third kappa shape index (κ3) is 5.06. The zero-order chi connectivity index (χ0) is 17.0. The van der Waals surface area contributed by atoms with Crippen LogP contribution in [0.1, 0.15) is 24.3 Å². The molecule has 0 fully saturated rings. The molecule has 23 heavy (non-hydrogen) atoms. The lowest BCUT2D eigenvalue weighted by atomic mass is 10.2. The fourth-order valence-electron chi connectivity index (χ4n) is 1.78. The minimum absolute atomic E-state index is 0.311. The van der Waals surface area contributed by atoms with Crippen LogP contribution in [0.25, 0.3) is 0 Å². The third-order valence-electron chi connectivity index (χ3n) is 3.07. The summed E-state index contributed by atoms with van der Waals surface area (Å²) >= 11 is 10.9. The molecule has 1 heterocycles. The lowest BCUT2D eigenvalue weighted by Crippen LogP contribution is -2.34. The zero-order valence-electron chi connectivity index (χ0n) is 12.9. The summed E-state index contributed by atoms with van der Waals surface area (Å²) < 4.78 is 6.68. The van der Waals surface area contributed by atoms with E-state index in [1.54, 1.807) is 36.5 Å². The van der Waals surface area contributed by atoms with E-state index in [2.05, 4.69) is 26.5 Å². The van der Waals surface area contributed by atoms with Crippen LogP contribution in [0.3, 0.4) is 0 Å². The number of ether oxygens (including phenoxy) is 1. The molecule has 7 heteroatoms. The van der Waals surface area contributed by atoms with Crippen molar-refractivity contribution >= 4 is 50.5 Å². The Morgan fingerprint density at radius 1 is 1.39 bits per heavy atom. The van der Waals surface area contributed by atoms with Crippen molar-refractivity contribution in [3.05, 3.63) is 49.6 Å². The molecule has 1 aromatic heterocycles. The van der Waals surface area contributed by atoms with E-state index in [9.17, 15) is 4.79 Å². The predicted molar refractivity (Wildman–Crippen MR) is 98.7 cm³/mol. The molecule has 1 atom stereocenters. The Hall–Kier alpha value is -1.37. The average molecular weight is 416 g/mol. The van der Waals surface area contributed by atoms with Gasteiger partial charge in [-0.15, -0.1) is 11.3 Å². The van der Waals surface area contributed by atoms with Gasteiger partial charge in [0.2, 0.25) is 0 Å². The standard InChI is InChI=1S/C16H16BrClN2O2S/c1-9-8-12(18)4-5-13(9)22-11(3)16(21)20-19-10(2)14-6-7-15(17)23-14/h4-8,11H,1-3H3,(H,20,21).